The Morgan fingerprint density at radius 1 is 1.33 bits per heavy atom. The lowest BCUT2D eigenvalue weighted by molar-refractivity contribution is -0.140. The molecule has 0 saturated carbocycles. The van der Waals surface area contributed by atoms with Gasteiger partial charge < -0.3 is 10.5 Å². The van der Waals surface area contributed by atoms with Crippen molar-refractivity contribution in [3.05, 3.63) is 29.8 Å². The first-order chi connectivity index (χ1) is 9.77. The van der Waals surface area contributed by atoms with Crippen LogP contribution in [0.1, 0.15) is 12.0 Å². The van der Waals surface area contributed by atoms with E-state index in [9.17, 15) is 13.2 Å². The summed E-state index contributed by atoms with van der Waals surface area (Å²) in [6.45, 7) is 0.0592. The maximum Gasteiger partial charge on any atom is 0.306 e. The lowest BCUT2D eigenvalue weighted by Gasteiger charge is -2.16. The number of benzene rings is 1. The lowest BCUT2D eigenvalue weighted by Crippen LogP contribution is -2.29. The Morgan fingerprint density at radius 3 is 2.38 bits per heavy atom. The van der Waals surface area contributed by atoms with Crippen molar-refractivity contribution in [3.63, 3.8) is 0 Å². The van der Waals surface area contributed by atoms with Crippen molar-refractivity contribution in [2.45, 2.75) is 17.7 Å². The van der Waals surface area contributed by atoms with Gasteiger partial charge in [0.2, 0.25) is 10.0 Å². The maximum absolute atomic E-state index is 12.3. The third kappa shape index (κ3) is 5.07. The lowest BCUT2D eigenvalue weighted by atomic mass is 10.1. The molecule has 0 aliphatic heterocycles. The Morgan fingerprint density at radius 2 is 1.90 bits per heavy atom. The molecule has 1 aromatic carbocycles. The fourth-order valence-corrected chi connectivity index (χ4v) is 2.97. The SMILES string of the molecule is COC(=O)CCN(C)S(=O)(=O)c1ccc(CC(N)=S)cc1. The molecule has 0 aliphatic carbocycles. The van der Waals surface area contributed by atoms with E-state index >= 15 is 0 Å². The van der Waals surface area contributed by atoms with Crippen LogP contribution in [0, 0.1) is 0 Å². The average molecular weight is 330 g/mol. The van der Waals surface area contributed by atoms with Gasteiger partial charge in [-0.05, 0) is 17.7 Å². The van der Waals surface area contributed by atoms with Gasteiger partial charge >= 0.3 is 5.97 Å². The molecular formula is C13H18N2O4S2. The van der Waals surface area contributed by atoms with Crippen LogP contribution in [0.4, 0.5) is 0 Å². The summed E-state index contributed by atoms with van der Waals surface area (Å²) in [5.74, 6) is -0.455. The van der Waals surface area contributed by atoms with Gasteiger partial charge in [0, 0.05) is 20.0 Å². The standard InChI is InChI=1S/C13H18N2O4S2/c1-15(8-7-13(16)19-2)21(17,18)11-5-3-10(4-6-11)9-12(14)20/h3-6H,7-9H2,1-2H3,(H2,14,20). The van der Waals surface area contributed by atoms with E-state index < -0.39 is 16.0 Å². The van der Waals surface area contributed by atoms with Crippen LogP contribution in [-0.2, 0) is 26.0 Å². The molecule has 21 heavy (non-hydrogen) atoms. The van der Waals surface area contributed by atoms with Crippen molar-refractivity contribution in [3.8, 4) is 0 Å². The monoisotopic (exact) mass is 330 g/mol. The number of rotatable bonds is 7. The van der Waals surface area contributed by atoms with Crippen molar-refractivity contribution in [1.29, 1.82) is 0 Å². The van der Waals surface area contributed by atoms with Crippen LogP contribution in [0.5, 0.6) is 0 Å². The summed E-state index contributed by atoms with van der Waals surface area (Å²) in [5.41, 5.74) is 6.28. The van der Waals surface area contributed by atoms with Crippen molar-refractivity contribution >= 4 is 33.2 Å². The molecule has 116 valence electrons. The van der Waals surface area contributed by atoms with Gasteiger partial charge in [0.15, 0.2) is 0 Å². The smallest absolute Gasteiger partial charge is 0.306 e. The van der Waals surface area contributed by atoms with Crippen LogP contribution in [0.25, 0.3) is 0 Å². The van der Waals surface area contributed by atoms with Crippen LogP contribution in [-0.4, -0.2) is 44.4 Å². The molecule has 0 heterocycles. The Balaban J connectivity index is 2.82. The number of carbonyl (C=O) groups is 1. The third-order valence-electron chi connectivity index (χ3n) is 2.87. The zero-order chi connectivity index (χ0) is 16.0. The highest BCUT2D eigenvalue weighted by Gasteiger charge is 2.21. The number of thiocarbonyl (C=S) groups is 1. The van der Waals surface area contributed by atoms with Crippen molar-refractivity contribution < 1.29 is 17.9 Å². The van der Waals surface area contributed by atoms with Gasteiger partial charge in [-0.2, -0.15) is 0 Å². The summed E-state index contributed by atoms with van der Waals surface area (Å²) in [5, 5.41) is 0. The van der Waals surface area contributed by atoms with Gasteiger partial charge in [-0.1, -0.05) is 24.4 Å². The molecule has 8 heteroatoms. The number of nitrogens with zero attached hydrogens (tertiary/aromatic N) is 1. The van der Waals surface area contributed by atoms with Gasteiger partial charge in [0.25, 0.3) is 0 Å². The average Bonchev–Trinajstić information content (AvgIpc) is 2.44. The van der Waals surface area contributed by atoms with Gasteiger partial charge in [-0.3, -0.25) is 4.79 Å². The van der Waals surface area contributed by atoms with E-state index in [1.807, 2.05) is 0 Å². The first kappa shape index (κ1) is 17.5. The van der Waals surface area contributed by atoms with Crippen LogP contribution < -0.4 is 5.73 Å². The van der Waals surface area contributed by atoms with Crippen LogP contribution in [0.2, 0.25) is 0 Å². The number of methoxy groups -OCH3 is 1. The van der Waals surface area contributed by atoms with Crippen LogP contribution in [0.15, 0.2) is 29.2 Å². The van der Waals surface area contributed by atoms with E-state index in [-0.39, 0.29) is 17.9 Å². The van der Waals surface area contributed by atoms with Gasteiger partial charge in [0.1, 0.15) is 0 Å². The Hall–Kier alpha value is -1.51. The molecule has 1 aromatic rings. The third-order valence-corrected chi connectivity index (χ3v) is 4.88. The highest BCUT2D eigenvalue weighted by Crippen LogP contribution is 2.16. The molecule has 0 bridgehead atoms. The molecule has 1 rings (SSSR count). The fraction of sp³-hybridized carbons (Fsp3) is 0.385. The van der Waals surface area contributed by atoms with Gasteiger partial charge in [0.05, 0.1) is 23.4 Å². The van der Waals surface area contributed by atoms with Crippen molar-refractivity contribution in [2.24, 2.45) is 5.73 Å². The summed E-state index contributed by atoms with van der Waals surface area (Å²) in [6, 6.07) is 6.33. The molecule has 6 nitrogen and oxygen atoms in total. The largest absolute Gasteiger partial charge is 0.469 e. The molecule has 0 aromatic heterocycles. The zero-order valence-corrected chi connectivity index (χ0v) is 13.5. The van der Waals surface area contributed by atoms with E-state index in [0.717, 1.165) is 9.87 Å². The normalized spacial score (nSPS) is 11.4. The Bertz CT molecular complexity index is 612. The molecule has 0 spiro atoms. The van der Waals surface area contributed by atoms with E-state index in [4.69, 9.17) is 18.0 Å². The minimum atomic E-state index is -3.63. The molecule has 2 N–H and O–H groups in total. The molecule has 0 saturated heterocycles. The number of nitrogens with two attached hydrogens (primary N) is 1. The van der Waals surface area contributed by atoms with Crippen molar-refractivity contribution in [2.75, 3.05) is 20.7 Å². The minimum absolute atomic E-state index is 0.00571. The number of sulfonamides is 1. The number of hydrogen-bond acceptors (Lipinski definition) is 5. The second-order valence-electron chi connectivity index (χ2n) is 4.44. The van der Waals surface area contributed by atoms with Crippen LogP contribution in [0.3, 0.4) is 0 Å². The molecule has 0 aliphatic rings. The number of ether oxygens (including phenoxy) is 1. The van der Waals surface area contributed by atoms with E-state index in [1.54, 1.807) is 12.1 Å². The molecule has 0 amide bonds. The molecular weight excluding hydrogens is 312 g/mol. The molecule has 0 unspecified atom stereocenters. The molecule has 0 radical (unpaired) electrons. The Labute approximate surface area is 129 Å². The summed E-state index contributed by atoms with van der Waals surface area (Å²) in [7, 11) is -0.947. The second-order valence-corrected chi connectivity index (χ2v) is 7.01. The minimum Gasteiger partial charge on any atom is -0.469 e. The number of hydrogen-bond donors (Lipinski definition) is 1. The predicted molar refractivity (Wildman–Crippen MR) is 83.4 cm³/mol. The maximum atomic E-state index is 12.3. The first-order valence-corrected chi connectivity index (χ1v) is 8.02. The van der Waals surface area contributed by atoms with Crippen molar-refractivity contribution in [1.82, 2.24) is 4.31 Å². The van der Waals surface area contributed by atoms with E-state index in [2.05, 4.69) is 4.74 Å². The summed E-state index contributed by atoms with van der Waals surface area (Å²) in [4.78, 5) is 11.6. The predicted octanol–water partition coefficient (Wildman–Crippen LogP) is 0.699. The highest BCUT2D eigenvalue weighted by atomic mass is 32.2. The van der Waals surface area contributed by atoms with E-state index in [1.165, 1.54) is 26.3 Å². The number of esters is 1. The summed E-state index contributed by atoms with van der Waals surface area (Å²) >= 11 is 4.80. The second kappa shape index (κ2) is 7.48. The molecule has 0 fully saturated rings. The quantitative estimate of drug-likeness (QED) is 0.585. The van der Waals surface area contributed by atoms with Gasteiger partial charge in [-0.25, -0.2) is 12.7 Å². The fourth-order valence-electron chi connectivity index (χ4n) is 1.63. The summed E-state index contributed by atoms with van der Waals surface area (Å²) < 4.78 is 30.2. The topological polar surface area (TPSA) is 89.7 Å². The zero-order valence-electron chi connectivity index (χ0n) is 11.9. The summed E-state index contributed by atoms with van der Waals surface area (Å²) in [6.07, 6.45) is 0.430. The van der Waals surface area contributed by atoms with Gasteiger partial charge in [-0.15, -0.1) is 0 Å². The van der Waals surface area contributed by atoms with E-state index in [0.29, 0.717) is 11.4 Å². The first-order valence-electron chi connectivity index (χ1n) is 6.17. The molecule has 0 atom stereocenters. The highest BCUT2D eigenvalue weighted by molar-refractivity contribution is 7.89. The van der Waals surface area contributed by atoms with Crippen LogP contribution >= 0.6 is 12.2 Å². The Kier molecular flexibility index (Phi) is 6.25. The number of carbonyl (C=O) groups excluding carboxylic acids is 1.